The summed E-state index contributed by atoms with van der Waals surface area (Å²) >= 11 is 5.83. The number of carboxylic acid groups (broad SMARTS) is 1. The summed E-state index contributed by atoms with van der Waals surface area (Å²) in [5.74, 6) is -1.36. The smallest absolute Gasteiger partial charge is 0.416 e. The van der Waals surface area contributed by atoms with E-state index in [4.69, 9.17) is 17.3 Å². The molecule has 2 rings (SSSR count). The van der Waals surface area contributed by atoms with Gasteiger partial charge in [-0.25, -0.2) is 9.59 Å². The van der Waals surface area contributed by atoms with Gasteiger partial charge in [-0.05, 0) is 42.0 Å². The Morgan fingerprint density at radius 1 is 1.08 bits per heavy atom. The number of carbonyl (C=O) groups excluding carboxylic acids is 1. The second-order valence-electron chi connectivity index (χ2n) is 4.74. The van der Waals surface area contributed by atoms with E-state index in [0.29, 0.717) is 0 Å². The predicted octanol–water partition coefficient (Wildman–Crippen LogP) is 4.21. The number of aromatic carboxylic acids is 1. The molecule has 0 atom stereocenters. The first kappa shape index (κ1) is 17.6. The van der Waals surface area contributed by atoms with Gasteiger partial charge in [0.1, 0.15) is 0 Å². The number of halogens is 4. The Morgan fingerprint density at radius 2 is 1.75 bits per heavy atom. The zero-order valence-electron chi connectivity index (χ0n) is 11.8. The van der Waals surface area contributed by atoms with Crippen molar-refractivity contribution in [3.8, 4) is 11.1 Å². The molecule has 0 fully saturated rings. The SMILES string of the molecule is NC(=O)Nc1ccc(C(F)(F)F)cc1-c1cc(Cl)ccc1C(=O)O. The normalized spacial score (nSPS) is 11.2. The second-order valence-corrected chi connectivity index (χ2v) is 5.18. The van der Waals surface area contributed by atoms with Crippen LogP contribution in [0.25, 0.3) is 11.1 Å². The monoisotopic (exact) mass is 358 g/mol. The minimum Gasteiger partial charge on any atom is -0.478 e. The molecule has 2 amide bonds. The first-order valence-corrected chi connectivity index (χ1v) is 6.78. The van der Waals surface area contributed by atoms with Gasteiger partial charge < -0.3 is 16.2 Å². The fourth-order valence-corrected chi connectivity index (χ4v) is 2.28. The van der Waals surface area contributed by atoms with Crippen molar-refractivity contribution in [3.63, 3.8) is 0 Å². The molecule has 0 aromatic heterocycles. The molecule has 9 heteroatoms. The van der Waals surface area contributed by atoms with E-state index >= 15 is 0 Å². The lowest BCUT2D eigenvalue weighted by Crippen LogP contribution is -2.20. The van der Waals surface area contributed by atoms with E-state index in [0.717, 1.165) is 24.3 Å². The number of hydrogen-bond acceptors (Lipinski definition) is 2. The average molecular weight is 359 g/mol. The lowest BCUT2D eigenvalue weighted by molar-refractivity contribution is -0.137. The van der Waals surface area contributed by atoms with Crippen molar-refractivity contribution < 1.29 is 27.9 Å². The first-order chi connectivity index (χ1) is 11.1. The lowest BCUT2D eigenvalue weighted by Gasteiger charge is -2.15. The Bertz CT molecular complexity index is 822. The number of rotatable bonds is 3. The standard InChI is InChI=1S/C15H10ClF3N2O3/c16-8-2-3-9(13(22)23)10(6-8)11-5-7(15(17,18)19)1-4-12(11)21-14(20)24/h1-6H,(H,22,23)(H3,20,21,24). The highest BCUT2D eigenvalue weighted by Gasteiger charge is 2.31. The minimum atomic E-state index is -4.65. The van der Waals surface area contributed by atoms with Crippen molar-refractivity contribution in [1.82, 2.24) is 0 Å². The number of carbonyl (C=O) groups is 2. The zero-order chi connectivity index (χ0) is 18.1. The molecule has 0 spiro atoms. The summed E-state index contributed by atoms with van der Waals surface area (Å²) in [6, 6.07) is 5.12. The van der Waals surface area contributed by atoms with Crippen LogP contribution in [-0.4, -0.2) is 17.1 Å². The molecule has 0 aliphatic heterocycles. The summed E-state index contributed by atoms with van der Waals surface area (Å²) in [6.45, 7) is 0. The summed E-state index contributed by atoms with van der Waals surface area (Å²) < 4.78 is 38.9. The number of urea groups is 1. The topological polar surface area (TPSA) is 92.4 Å². The minimum absolute atomic E-state index is 0.0692. The molecule has 126 valence electrons. The van der Waals surface area contributed by atoms with Gasteiger partial charge in [0.25, 0.3) is 0 Å². The molecule has 0 bridgehead atoms. The summed E-state index contributed by atoms with van der Waals surface area (Å²) in [7, 11) is 0. The molecule has 0 aliphatic carbocycles. The third-order valence-electron chi connectivity index (χ3n) is 3.11. The molecule has 5 nitrogen and oxygen atoms in total. The van der Waals surface area contributed by atoms with Crippen LogP contribution < -0.4 is 11.1 Å². The summed E-state index contributed by atoms with van der Waals surface area (Å²) in [4.78, 5) is 22.4. The molecule has 0 unspecified atom stereocenters. The number of hydrogen-bond donors (Lipinski definition) is 3. The van der Waals surface area contributed by atoms with Gasteiger partial charge in [0.15, 0.2) is 0 Å². The highest BCUT2D eigenvalue weighted by atomic mass is 35.5. The van der Waals surface area contributed by atoms with Gasteiger partial charge in [-0.1, -0.05) is 11.6 Å². The van der Waals surface area contributed by atoms with E-state index < -0.39 is 23.7 Å². The Labute approximate surface area is 138 Å². The summed E-state index contributed by atoms with van der Waals surface area (Å²) in [5, 5.41) is 11.5. The Kier molecular flexibility index (Phi) is 4.70. The number of nitrogens with two attached hydrogens (primary N) is 1. The van der Waals surface area contributed by atoms with Crippen LogP contribution in [-0.2, 0) is 6.18 Å². The van der Waals surface area contributed by atoms with Crippen LogP contribution in [0.3, 0.4) is 0 Å². The van der Waals surface area contributed by atoms with Gasteiger partial charge in [0.05, 0.1) is 16.8 Å². The third-order valence-corrected chi connectivity index (χ3v) is 3.34. The summed E-state index contributed by atoms with van der Waals surface area (Å²) in [6.07, 6.45) is -4.65. The largest absolute Gasteiger partial charge is 0.478 e. The molecular weight excluding hydrogens is 349 g/mol. The molecule has 0 radical (unpaired) electrons. The van der Waals surface area contributed by atoms with Crippen molar-refractivity contribution >= 4 is 29.3 Å². The van der Waals surface area contributed by atoms with E-state index in [1.165, 1.54) is 12.1 Å². The van der Waals surface area contributed by atoms with Crippen molar-refractivity contribution in [2.45, 2.75) is 6.18 Å². The third kappa shape index (κ3) is 3.77. The quantitative estimate of drug-likeness (QED) is 0.767. The van der Waals surface area contributed by atoms with E-state index in [2.05, 4.69) is 5.32 Å². The van der Waals surface area contributed by atoms with E-state index in [9.17, 15) is 27.9 Å². The van der Waals surface area contributed by atoms with Crippen LogP contribution in [0.1, 0.15) is 15.9 Å². The number of amides is 2. The van der Waals surface area contributed by atoms with Crippen molar-refractivity contribution in [2.75, 3.05) is 5.32 Å². The van der Waals surface area contributed by atoms with Gasteiger partial charge in [-0.2, -0.15) is 13.2 Å². The van der Waals surface area contributed by atoms with Crippen molar-refractivity contribution in [2.24, 2.45) is 5.73 Å². The number of alkyl halides is 3. The second kappa shape index (κ2) is 6.40. The van der Waals surface area contributed by atoms with Gasteiger partial charge >= 0.3 is 18.2 Å². The first-order valence-electron chi connectivity index (χ1n) is 6.40. The molecule has 0 aliphatic rings. The lowest BCUT2D eigenvalue weighted by atomic mass is 9.96. The fraction of sp³-hybridized carbons (Fsp3) is 0.0667. The highest BCUT2D eigenvalue weighted by Crippen LogP contribution is 2.38. The molecule has 24 heavy (non-hydrogen) atoms. The van der Waals surface area contributed by atoms with Crippen LogP contribution >= 0.6 is 11.6 Å². The molecule has 2 aromatic rings. The highest BCUT2D eigenvalue weighted by molar-refractivity contribution is 6.31. The van der Waals surface area contributed by atoms with E-state index in [1.807, 2.05) is 0 Å². The van der Waals surface area contributed by atoms with Crippen LogP contribution in [0, 0.1) is 0 Å². The number of primary amides is 1. The van der Waals surface area contributed by atoms with Crippen molar-refractivity contribution in [1.29, 1.82) is 0 Å². The number of anilines is 1. The van der Waals surface area contributed by atoms with Crippen LogP contribution in [0.4, 0.5) is 23.7 Å². The van der Waals surface area contributed by atoms with E-state index in [-0.39, 0.29) is 27.4 Å². The zero-order valence-corrected chi connectivity index (χ0v) is 12.6. The number of carboxylic acids is 1. The van der Waals surface area contributed by atoms with E-state index in [1.54, 1.807) is 0 Å². The Balaban J connectivity index is 2.77. The number of nitrogens with one attached hydrogen (secondary N) is 1. The van der Waals surface area contributed by atoms with Crippen LogP contribution in [0.2, 0.25) is 5.02 Å². The maximum absolute atomic E-state index is 13.0. The molecule has 0 saturated carbocycles. The average Bonchev–Trinajstić information content (AvgIpc) is 2.45. The predicted molar refractivity (Wildman–Crippen MR) is 82.1 cm³/mol. The molecular formula is C15H10ClF3N2O3. The molecule has 4 N–H and O–H groups in total. The maximum atomic E-state index is 13.0. The van der Waals surface area contributed by atoms with Gasteiger partial charge in [-0.15, -0.1) is 0 Å². The fourth-order valence-electron chi connectivity index (χ4n) is 2.11. The number of benzene rings is 2. The van der Waals surface area contributed by atoms with Gasteiger partial charge in [-0.3, -0.25) is 0 Å². The Hall–Kier alpha value is -2.74. The Morgan fingerprint density at radius 3 is 2.29 bits per heavy atom. The van der Waals surface area contributed by atoms with Crippen LogP contribution in [0.15, 0.2) is 36.4 Å². The van der Waals surface area contributed by atoms with Crippen molar-refractivity contribution in [3.05, 3.63) is 52.5 Å². The molecule has 0 saturated heterocycles. The molecule has 2 aromatic carbocycles. The maximum Gasteiger partial charge on any atom is 0.416 e. The van der Waals surface area contributed by atoms with Gasteiger partial charge in [0.2, 0.25) is 0 Å². The molecule has 0 heterocycles. The van der Waals surface area contributed by atoms with Gasteiger partial charge in [0, 0.05) is 10.6 Å². The summed E-state index contributed by atoms with van der Waals surface area (Å²) in [5.41, 5.74) is 3.41. The van der Waals surface area contributed by atoms with Crippen LogP contribution in [0.5, 0.6) is 0 Å².